The minimum Gasteiger partial charge on any atom is -0.493 e. The average Bonchev–Trinajstić information content (AvgIpc) is 2.74. The SMILES string of the molecule is CCCCCCOc1ccc(PC(=O)c2c(C)cc(C)cc2C)c(OCCCCCC)c1.[Li]. The first-order valence-electron chi connectivity index (χ1n) is 12.2. The van der Waals surface area contributed by atoms with Gasteiger partial charge in [-0.15, -0.1) is 0 Å². The Morgan fingerprint density at radius 3 is 1.94 bits per heavy atom. The van der Waals surface area contributed by atoms with Crippen LogP contribution in [0.5, 0.6) is 11.5 Å². The Morgan fingerprint density at radius 2 is 1.36 bits per heavy atom. The van der Waals surface area contributed by atoms with Crippen LogP contribution in [-0.2, 0) is 0 Å². The predicted octanol–water partition coefficient (Wildman–Crippen LogP) is 7.29. The van der Waals surface area contributed by atoms with E-state index >= 15 is 0 Å². The molecule has 0 aliphatic heterocycles. The summed E-state index contributed by atoms with van der Waals surface area (Å²) in [6.45, 7) is 11.9. The summed E-state index contributed by atoms with van der Waals surface area (Å²) in [4.78, 5) is 13.2. The van der Waals surface area contributed by atoms with Crippen molar-refractivity contribution < 1.29 is 14.3 Å². The summed E-state index contributed by atoms with van der Waals surface area (Å²) in [5.41, 5.74) is 4.31. The maximum absolute atomic E-state index is 13.2. The molecule has 0 aliphatic carbocycles. The number of ether oxygens (including phenoxy) is 2. The third kappa shape index (κ3) is 10.3. The Bertz CT molecular complexity index is 843. The Labute approximate surface area is 215 Å². The van der Waals surface area contributed by atoms with Gasteiger partial charge in [0.05, 0.1) is 13.2 Å². The van der Waals surface area contributed by atoms with Crippen LogP contribution in [-0.4, -0.2) is 37.6 Å². The van der Waals surface area contributed by atoms with Crippen LogP contribution < -0.4 is 14.8 Å². The first kappa shape index (κ1) is 29.8. The third-order valence-electron chi connectivity index (χ3n) is 5.63. The molecule has 0 heterocycles. The minimum atomic E-state index is 0. The van der Waals surface area contributed by atoms with Gasteiger partial charge in [0.15, 0.2) is 5.52 Å². The number of carbonyl (C=O) groups is 1. The van der Waals surface area contributed by atoms with Gasteiger partial charge >= 0.3 is 0 Å². The molecule has 5 heteroatoms. The number of hydrogen-bond acceptors (Lipinski definition) is 3. The van der Waals surface area contributed by atoms with Gasteiger partial charge in [-0.3, -0.25) is 4.79 Å². The molecule has 0 fully saturated rings. The summed E-state index contributed by atoms with van der Waals surface area (Å²) in [7, 11) is 0.0355. The molecule has 0 amide bonds. The molecule has 0 saturated heterocycles. The molecule has 0 saturated carbocycles. The van der Waals surface area contributed by atoms with E-state index in [-0.39, 0.29) is 33.0 Å². The summed E-state index contributed by atoms with van der Waals surface area (Å²) in [5, 5.41) is 0.961. The van der Waals surface area contributed by atoms with E-state index in [0.717, 1.165) is 52.9 Å². The molecule has 0 aliphatic rings. The van der Waals surface area contributed by atoms with Crippen molar-refractivity contribution in [3.63, 3.8) is 0 Å². The Morgan fingerprint density at radius 1 is 0.788 bits per heavy atom. The van der Waals surface area contributed by atoms with Gasteiger partial charge in [0.2, 0.25) is 0 Å². The summed E-state index contributed by atoms with van der Waals surface area (Å²) in [6.07, 6.45) is 9.36. The zero-order valence-corrected chi connectivity index (χ0v) is 22.7. The number of aryl methyl sites for hydroxylation is 3. The molecule has 2 aromatic carbocycles. The molecule has 177 valence electrons. The number of hydrogen-bond donors (Lipinski definition) is 0. The first-order valence-corrected chi connectivity index (χ1v) is 13.2. The average molecular weight is 464 g/mol. The second-order valence-corrected chi connectivity index (χ2v) is 9.95. The second kappa shape index (κ2) is 16.4. The number of benzene rings is 2. The molecule has 1 atom stereocenters. The molecular weight excluding hydrogens is 422 g/mol. The number of rotatable bonds is 15. The second-order valence-electron chi connectivity index (χ2n) is 8.70. The fraction of sp³-hybridized carbons (Fsp3) is 0.536. The maximum atomic E-state index is 13.2. The predicted molar refractivity (Wildman–Crippen MR) is 144 cm³/mol. The molecule has 33 heavy (non-hydrogen) atoms. The summed E-state index contributed by atoms with van der Waals surface area (Å²) >= 11 is 0. The van der Waals surface area contributed by atoms with Crippen molar-refractivity contribution >= 4 is 38.3 Å². The third-order valence-corrected chi connectivity index (χ3v) is 6.79. The normalized spacial score (nSPS) is 10.9. The van der Waals surface area contributed by atoms with Gasteiger partial charge in [0.25, 0.3) is 0 Å². The molecule has 3 nitrogen and oxygen atoms in total. The molecule has 2 rings (SSSR count). The van der Waals surface area contributed by atoms with Gasteiger partial charge < -0.3 is 9.47 Å². The molecule has 2 aromatic rings. The van der Waals surface area contributed by atoms with E-state index in [1.807, 2.05) is 32.0 Å². The van der Waals surface area contributed by atoms with Crippen molar-refractivity contribution in [1.29, 1.82) is 0 Å². The maximum Gasteiger partial charge on any atom is 0.186 e. The van der Waals surface area contributed by atoms with Gasteiger partial charge in [0.1, 0.15) is 11.5 Å². The Kier molecular flexibility index (Phi) is 14.8. The molecule has 0 aromatic heterocycles. The van der Waals surface area contributed by atoms with Gasteiger partial charge in [-0.1, -0.05) is 70.1 Å². The standard InChI is InChI=1S/C28H41O3P.Li/c1-6-8-10-12-16-30-24-14-15-26(25(20-24)31-17-13-11-9-7-2)32-28(29)27-22(4)18-21(3)19-23(27)5;/h14-15,18-20,32H,6-13,16-17H2,1-5H3;. The van der Waals surface area contributed by atoms with Crippen LogP contribution >= 0.6 is 8.58 Å². The molecule has 0 N–H and O–H groups in total. The van der Waals surface area contributed by atoms with E-state index < -0.39 is 0 Å². The van der Waals surface area contributed by atoms with Crippen molar-refractivity contribution in [1.82, 2.24) is 0 Å². The first-order chi connectivity index (χ1) is 15.5. The van der Waals surface area contributed by atoms with E-state index in [0.29, 0.717) is 6.61 Å². The zero-order valence-electron chi connectivity index (χ0n) is 21.7. The Hall–Kier alpha value is -1.26. The van der Waals surface area contributed by atoms with Crippen LogP contribution in [0.4, 0.5) is 0 Å². The van der Waals surface area contributed by atoms with Crippen molar-refractivity contribution in [3.05, 3.63) is 52.6 Å². The quantitative estimate of drug-likeness (QED) is 0.158. The van der Waals surface area contributed by atoms with Crippen LogP contribution in [0, 0.1) is 20.8 Å². The largest absolute Gasteiger partial charge is 0.493 e. The van der Waals surface area contributed by atoms with Crippen LogP contribution in [0.15, 0.2) is 30.3 Å². The van der Waals surface area contributed by atoms with Crippen LogP contribution in [0.25, 0.3) is 0 Å². The number of unbranched alkanes of at least 4 members (excludes halogenated alkanes) is 6. The minimum absolute atomic E-state index is 0. The van der Waals surface area contributed by atoms with Crippen molar-refractivity contribution in [2.45, 2.75) is 86.0 Å². The molecule has 1 unspecified atom stereocenters. The van der Waals surface area contributed by atoms with Gasteiger partial charge in [-0.05, 0) is 65.5 Å². The van der Waals surface area contributed by atoms with E-state index in [2.05, 4.69) is 32.9 Å². The van der Waals surface area contributed by atoms with Crippen molar-refractivity contribution in [2.75, 3.05) is 13.2 Å². The van der Waals surface area contributed by atoms with Gasteiger partial charge in [-0.25, -0.2) is 0 Å². The van der Waals surface area contributed by atoms with Crippen LogP contribution in [0.2, 0.25) is 0 Å². The van der Waals surface area contributed by atoms with E-state index in [1.54, 1.807) is 0 Å². The summed E-state index contributed by atoms with van der Waals surface area (Å²) in [5.74, 6) is 1.62. The van der Waals surface area contributed by atoms with E-state index in [4.69, 9.17) is 9.47 Å². The molecule has 0 spiro atoms. The molecule has 0 bridgehead atoms. The molecular formula is C28H41LiO3P. The summed E-state index contributed by atoms with van der Waals surface area (Å²) in [6, 6.07) is 10.1. The zero-order chi connectivity index (χ0) is 23.3. The van der Waals surface area contributed by atoms with Gasteiger partial charge in [-0.2, -0.15) is 0 Å². The van der Waals surface area contributed by atoms with Gasteiger partial charge in [0, 0.05) is 35.8 Å². The fourth-order valence-electron chi connectivity index (χ4n) is 3.97. The smallest absolute Gasteiger partial charge is 0.186 e. The van der Waals surface area contributed by atoms with Crippen molar-refractivity contribution in [2.24, 2.45) is 0 Å². The van der Waals surface area contributed by atoms with E-state index in [1.165, 1.54) is 44.1 Å². The van der Waals surface area contributed by atoms with Crippen molar-refractivity contribution in [3.8, 4) is 11.5 Å². The summed E-state index contributed by atoms with van der Waals surface area (Å²) < 4.78 is 12.1. The van der Waals surface area contributed by atoms with Crippen LogP contribution in [0.3, 0.4) is 0 Å². The fourth-order valence-corrected chi connectivity index (χ4v) is 5.17. The number of carbonyl (C=O) groups excluding carboxylic acids is 1. The Balaban J connectivity index is 0.00000544. The van der Waals surface area contributed by atoms with E-state index in [9.17, 15) is 4.79 Å². The molecule has 1 radical (unpaired) electrons. The van der Waals surface area contributed by atoms with Crippen LogP contribution in [0.1, 0.15) is 92.3 Å². The monoisotopic (exact) mass is 463 g/mol. The topological polar surface area (TPSA) is 35.5 Å².